The van der Waals surface area contributed by atoms with Crippen LogP contribution in [0.5, 0.6) is 0 Å². The normalized spacial score (nSPS) is 13.9. The van der Waals surface area contributed by atoms with Crippen LogP contribution in [0.15, 0.2) is 53.1 Å². The Kier molecular flexibility index (Phi) is 4.64. The van der Waals surface area contributed by atoms with Crippen LogP contribution in [0.2, 0.25) is 0 Å². The summed E-state index contributed by atoms with van der Waals surface area (Å²) in [6.07, 6.45) is 2.17. The zero-order valence-corrected chi connectivity index (χ0v) is 14.4. The number of nitro benzene ring substituents is 1. The highest BCUT2D eigenvalue weighted by Crippen LogP contribution is 2.30. The summed E-state index contributed by atoms with van der Waals surface area (Å²) in [4.78, 5) is 17.0. The number of rotatable bonds is 7. The van der Waals surface area contributed by atoms with Gasteiger partial charge in [-0.2, -0.15) is 4.98 Å². The highest BCUT2D eigenvalue weighted by molar-refractivity contribution is 5.58. The third-order valence-corrected chi connectivity index (χ3v) is 4.46. The third kappa shape index (κ3) is 4.17. The van der Waals surface area contributed by atoms with Crippen LogP contribution >= 0.6 is 0 Å². The summed E-state index contributed by atoms with van der Waals surface area (Å²) in [5, 5.41) is 14.9. The van der Waals surface area contributed by atoms with Crippen molar-refractivity contribution < 1.29 is 13.8 Å². The molecular weight excluding hydrogens is 351 g/mol. The zero-order valence-electron chi connectivity index (χ0n) is 14.4. The van der Waals surface area contributed by atoms with Crippen LogP contribution < -0.4 is 0 Å². The number of hydrogen-bond donors (Lipinski definition) is 0. The lowest BCUT2D eigenvalue weighted by Crippen LogP contribution is -2.25. The van der Waals surface area contributed by atoms with Crippen LogP contribution in [0.1, 0.15) is 24.3 Å². The molecule has 0 atom stereocenters. The SMILES string of the molecule is O=[N+]([O-])c1cccc(-c2noc(CN(Cc3cccc(F)c3)C3CC3)n2)c1. The number of hydrogen-bond acceptors (Lipinski definition) is 6. The molecule has 7 nitrogen and oxygen atoms in total. The molecule has 138 valence electrons. The standard InChI is InChI=1S/C19H17FN4O3/c20-15-5-1-3-13(9-15)11-23(16-7-8-16)12-18-21-19(22-27-18)14-4-2-6-17(10-14)24(25)26/h1-6,9-10,16H,7-8,11-12H2. The first-order valence-corrected chi connectivity index (χ1v) is 8.64. The summed E-state index contributed by atoms with van der Waals surface area (Å²) in [5.74, 6) is 0.490. The van der Waals surface area contributed by atoms with Gasteiger partial charge in [-0.05, 0) is 30.5 Å². The van der Waals surface area contributed by atoms with Gasteiger partial charge in [0.25, 0.3) is 5.69 Å². The Morgan fingerprint density at radius 2 is 2.00 bits per heavy atom. The van der Waals surface area contributed by atoms with Gasteiger partial charge >= 0.3 is 0 Å². The van der Waals surface area contributed by atoms with Crippen LogP contribution in [0.4, 0.5) is 10.1 Å². The molecule has 0 spiro atoms. The molecule has 0 radical (unpaired) electrons. The minimum absolute atomic E-state index is 0.0236. The fourth-order valence-electron chi connectivity index (χ4n) is 2.99. The van der Waals surface area contributed by atoms with Gasteiger partial charge in [-0.3, -0.25) is 15.0 Å². The Balaban J connectivity index is 1.50. The van der Waals surface area contributed by atoms with Crippen molar-refractivity contribution in [1.82, 2.24) is 15.0 Å². The molecule has 0 amide bonds. The van der Waals surface area contributed by atoms with Crippen molar-refractivity contribution in [1.29, 1.82) is 0 Å². The molecule has 2 aromatic carbocycles. The molecule has 1 heterocycles. The molecule has 1 saturated carbocycles. The van der Waals surface area contributed by atoms with E-state index in [9.17, 15) is 14.5 Å². The van der Waals surface area contributed by atoms with Crippen LogP contribution in [-0.4, -0.2) is 26.0 Å². The summed E-state index contributed by atoms with van der Waals surface area (Å²) in [7, 11) is 0. The summed E-state index contributed by atoms with van der Waals surface area (Å²) in [6, 6.07) is 13.1. The van der Waals surface area contributed by atoms with Gasteiger partial charge in [0, 0.05) is 30.3 Å². The number of halogens is 1. The molecule has 1 aliphatic carbocycles. The number of aromatic nitrogens is 2. The van der Waals surface area contributed by atoms with E-state index in [4.69, 9.17) is 4.52 Å². The first-order valence-electron chi connectivity index (χ1n) is 8.64. The van der Waals surface area contributed by atoms with Gasteiger partial charge in [-0.15, -0.1) is 0 Å². The van der Waals surface area contributed by atoms with E-state index < -0.39 is 4.92 Å². The van der Waals surface area contributed by atoms with E-state index in [-0.39, 0.29) is 11.5 Å². The van der Waals surface area contributed by atoms with Crippen molar-refractivity contribution in [3.8, 4) is 11.4 Å². The van der Waals surface area contributed by atoms with Crippen molar-refractivity contribution in [2.75, 3.05) is 0 Å². The van der Waals surface area contributed by atoms with Crippen molar-refractivity contribution in [3.05, 3.63) is 75.9 Å². The lowest BCUT2D eigenvalue weighted by molar-refractivity contribution is -0.384. The Morgan fingerprint density at radius 1 is 1.19 bits per heavy atom. The van der Waals surface area contributed by atoms with E-state index in [1.165, 1.54) is 24.3 Å². The van der Waals surface area contributed by atoms with Gasteiger partial charge < -0.3 is 4.52 Å². The Morgan fingerprint density at radius 3 is 2.74 bits per heavy atom. The zero-order chi connectivity index (χ0) is 18.8. The van der Waals surface area contributed by atoms with E-state index in [2.05, 4.69) is 15.0 Å². The average Bonchev–Trinajstić information content (AvgIpc) is 3.40. The molecule has 27 heavy (non-hydrogen) atoms. The van der Waals surface area contributed by atoms with Gasteiger partial charge in [-0.1, -0.05) is 29.4 Å². The average molecular weight is 368 g/mol. The smallest absolute Gasteiger partial charge is 0.270 e. The maximum Gasteiger partial charge on any atom is 0.270 e. The van der Waals surface area contributed by atoms with E-state index in [1.54, 1.807) is 18.2 Å². The van der Waals surface area contributed by atoms with E-state index in [1.807, 2.05) is 6.07 Å². The maximum absolute atomic E-state index is 13.4. The predicted octanol–water partition coefficient (Wildman–Crippen LogP) is 3.95. The van der Waals surface area contributed by atoms with Gasteiger partial charge in [0.05, 0.1) is 11.5 Å². The molecule has 1 fully saturated rings. The Bertz CT molecular complexity index is 971. The summed E-state index contributed by atoms with van der Waals surface area (Å²) < 4.78 is 18.8. The van der Waals surface area contributed by atoms with Crippen molar-refractivity contribution in [2.24, 2.45) is 0 Å². The first-order chi connectivity index (χ1) is 13.1. The van der Waals surface area contributed by atoms with Crippen molar-refractivity contribution >= 4 is 5.69 Å². The van der Waals surface area contributed by atoms with Gasteiger partial charge in [0.15, 0.2) is 0 Å². The van der Waals surface area contributed by atoms with Crippen LogP contribution in [0.3, 0.4) is 0 Å². The van der Waals surface area contributed by atoms with Crippen molar-refractivity contribution in [2.45, 2.75) is 32.0 Å². The predicted molar refractivity (Wildman–Crippen MR) is 95.1 cm³/mol. The molecule has 1 aromatic heterocycles. The number of non-ortho nitro benzene ring substituents is 1. The van der Waals surface area contributed by atoms with E-state index >= 15 is 0 Å². The van der Waals surface area contributed by atoms with Crippen molar-refractivity contribution in [3.63, 3.8) is 0 Å². The second kappa shape index (κ2) is 7.24. The Labute approximate surface area is 154 Å². The van der Waals surface area contributed by atoms with E-state index in [0.29, 0.717) is 36.4 Å². The highest BCUT2D eigenvalue weighted by Gasteiger charge is 2.30. The van der Waals surface area contributed by atoms with Crippen LogP contribution in [-0.2, 0) is 13.1 Å². The molecule has 0 unspecified atom stereocenters. The summed E-state index contributed by atoms with van der Waals surface area (Å²) in [6.45, 7) is 1.04. The fourth-order valence-corrected chi connectivity index (χ4v) is 2.99. The fraction of sp³-hybridized carbons (Fsp3) is 0.263. The highest BCUT2D eigenvalue weighted by atomic mass is 19.1. The third-order valence-electron chi connectivity index (χ3n) is 4.46. The Hall–Kier alpha value is -3.13. The topological polar surface area (TPSA) is 85.3 Å². The second-order valence-electron chi connectivity index (χ2n) is 6.59. The first kappa shape index (κ1) is 17.3. The quantitative estimate of drug-likeness (QED) is 0.464. The van der Waals surface area contributed by atoms with Gasteiger partial charge in [0.1, 0.15) is 5.82 Å². The lowest BCUT2D eigenvalue weighted by atomic mass is 10.2. The molecule has 0 bridgehead atoms. The molecule has 8 heteroatoms. The van der Waals surface area contributed by atoms with E-state index in [0.717, 1.165) is 18.4 Å². The van der Waals surface area contributed by atoms with Gasteiger partial charge in [-0.25, -0.2) is 4.39 Å². The minimum atomic E-state index is -0.460. The van der Waals surface area contributed by atoms with Gasteiger partial charge in [0.2, 0.25) is 11.7 Å². The monoisotopic (exact) mass is 368 g/mol. The molecule has 0 aliphatic heterocycles. The molecule has 0 N–H and O–H groups in total. The number of benzene rings is 2. The molecule has 3 aromatic rings. The number of nitrogens with zero attached hydrogens (tertiary/aromatic N) is 4. The van der Waals surface area contributed by atoms with Crippen LogP contribution in [0, 0.1) is 15.9 Å². The lowest BCUT2D eigenvalue weighted by Gasteiger charge is -2.19. The minimum Gasteiger partial charge on any atom is -0.338 e. The second-order valence-corrected chi connectivity index (χ2v) is 6.59. The summed E-state index contributed by atoms with van der Waals surface area (Å²) >= 11 is 0. The number of nitro groups is 1. The molecule has 1 aliphatic rings. The van der Waals surface area contributed by atoms with Crippen LogP contribution in [0.25, 0.3) is 11.4 Å². The largest absolute Gasteiger partial charge is 0.338 e. The maximum atomic E-state index is 13.4. The molecule has 0 saturated heterocycles. The molecular formula is C19H17FN4O3. The summed E-state index contributed by atoms with van der Waals surface area (Å²) in [5.41, 5.74) is 1.40. The molecule has 4 rings (SSSR count).